The molecule has 1 aliphatic rings. The second kappa shape index (κ2) is 3.08. The van der Waals surface area contributed by atoms with Crippen LogP contribution in [0.4, 0.5) is 4.39 Å². The van der Waals surface area contributed by atoms with Gasteiger partial charge in [0.05, 0.1) is 0 Å². The lowest BCUT2D eigenvalue weighted by Crippen LogP contribution is -2.39. The first-order chi connectivity index (χ1) is 7.57. The molecule has 0 aliphatic heterocycles. The summed E-state index contributed by atoms with van der Waals surface area (Å²) in [7, 11) is 0. The molecular weight excluding hydrogens is 207 g/mol. The Morgan fingerprint density at radius 3 is 2.81 bits per heavy atom. The topological polar surface area (TPSA) is 33.4 Å². The van der Waals surface area contributed by atoms with Crippen LogP contribution < -0.4 is 0 Å². The third-order valence-corrected chi connectivity index (χ3v) is 3.31. The molecule has 1 aromatic heterocycles. The summed E-state index contributed by atoms with van der Waals surface area (Å²) in [4.78, 5) is 0. The van der Waals surface area contributed by atoms with E-state index in [-0.39, 0.29) is 5.82 Å². The highest BCUT2D eigenvalue weighted by molar-refractivity contribution is 5.78. The van der Waals surface area contributed by atoms with Crippen LogP contribution in [0.2, 0.25) is 0 Å². The minimum atomic E-state index is -0.838. The van der Waals surface area contributed by atoms with Gasteiger partial charge in [0.2, 0.25) is 0 Å². The van der Waals surface area contributed by atoms with E-state index >= 15 is 0 Å². The van der Waals surface area contributed by atoms with E-state index in [0.717, 1.165) is 12.8 Å². The van der Waals surface area contributed by atoms with Crippen LogP contribution in [-0.2, 0) is 5.60 Å². The number of rotatable bonds is 1. The van der Waals surface area contributed by atoms with Gasteiger partial charge >= 0.3 is 0 Å². The molecule has 0 bridgehead atoms. The van der Waals surface area contributed by atoms with Crippen LogP contribution in [-0.4, -0.2) is 5.11 Å². The van der Waals surface area contributed by atoms with E-state index in [1.807, 2.05) is 0 Å². The molecule has 3 rings (SSSR count). The summed E-state index contributed by atoms with van der Waals surface area (Å²) < 4.78 is 18.6. The monoisotopic (exact) mass is 220 g/mol. The van der Waals surface area contributed by atoms with Crippen molar-refractivity contribution in [3.05, 3.63) is 35.8 Å². The minimum absolute atomic E-state index is 0.284. The van der Waals surface area contributed by atoms with Gasteiger partial charge in [-0.1, -0.05) is 6.92 Å². The van der Waals surface area contributed by atoms with E-state index < -0.39 is 5.60 Å². The molecular formula is C13H13FO2. The summed E-state index contributed by atoms with van der Waals surface area (Å²) >= 11 is 0. The summed E-state index contributed by atoms with van der Waals surface area (Å²) in [5, 5.41) is 10.9. The van der Waals surface area contributed by atoms with Crippen LogP contribution in [0, 0.1) is 11.7 Å². The Balaban J connectivity index is 2.06. The maximum absolute atomic E-state index is 13.0. The van der Waals surface area contributed by atoms with Crippen molar-refractivity contribution in [3.63, 3.8) is 0 Å². The van der Waals surface area contributed by atoms with Crippen molar-refractivity contribution in [2.45, 2.75) is 25.4 Å². The lowest BCUT2D eigenvalue weighted by molar-refractivity contribution is -0.0885. The molecule has 16 heavy (non-hydrogen) atoms. The van der Waals surface area contributed by atoms with Gasteiger partial charge in [0.15, 0.2) is 0 Å². The lowest BCUT2D eigenvalue weighted by Gasteiger charge is -2.40. The van der Waals surface area contributed by atoms with Crippen LogP contribution in [0.1, 0.15) is 25.5 Å². The maximum atomic E-state index is 13.0. The van der Waals surface area contributed by atoms with E-state index in [0.29, 0.717) is 22.6 Å². The Hall–Kier alpha value is -1.35. The van der Waals surface area contributed by atoms with E-state index in [1.165, 1.54) is 12.1 Å². The molecule has 1 aromatic carbocycles. The number of fused-ring (bicyclic) bond motifs is 1. The summed E-state index contributed by atoms with van der Waals surface area (Å²) in [6.07, 6.45) is 1.44. The first kappa shape index (κ1) is 9.85. The van der Waals surface area contributed by atoms with Crippen LogP contribution in [0.3, 0.4) is 0 Å². The molecule has 0 spiro atoms. The smallest absolute Gasteiger partial charge is 0.136 e. The van der Waals surface area contributed by atoms with Crippen LogP contribution in [0.25, 0.3) is 11.0 Å². The number of hydrogen-bond acceptors (Lipinski definition) is 2. The molecule has 1 saturated carbocycles. The zero-order chi connectivity index (χ0) is 11.3. The van der Waals surface area contributed by atoms with Gasteiger partial charge in [-0.2, -0.15) is 0 Å². The number of aliphatic hydroxyl groups is 1. The summed E-state index contributed by atoms with van der Waals surface area (Å²) in [5.41, 5.74) is -0.209. The first-order valence-electron chi connectivity index (χ1n) is 5.49. The Labute approximate surface area is 92.7 Å². The van der Waals surface area contributed by atoms with Crippen molar-refractivity contribution in [2.24, 2.45) is 5.92 Å². The van der Waals surface area contributed by atoms with Crippen LogP contribution in [0.5, 0.6) is 0 Å². The predicted molar refractivity (Wildman–Crippen MR) is 58.5 cm³/mol. The SMILES string of the molecule is CC1CC(O)(c2cc3cc(F)ccc3o2)C1. The summed E-state index contributed by atoms with van der Waals surface area (Å²) in [6, 6.07) is 6.13. The summed E-state index contributed by atoms with van der Waals surface area (Å²) in [6.45, 7) is 2.09. The Bertz CT molecular complexity index is 538. The highest BCUT2D eigenvalue weighted by atomic mass is 19.1. The van der Waals surface area contributed by atoms with Crippen molar-refractivity contribution in [1.82, 2.24) is 0 Å². The molecule has 2 nitrogen and oxygen atoms in total. The predicted octanol–water partition coefficient (Wildman–Crippen LogP) is 3.19. The quantitative estimate of drug-likeness (QED) is 0.800. The van der Waals surface area contributed by atoms with Gasteiger partial charge in [-0.15, -0.1) is 0 Å². The second-order valence-electron chi connectivity index (χ2n) is 4.84. The molecule has 0 radical (unpaired) electrons. The van der Waals surface area contributed by atoms with Gasteiger partial charge in [-0.25, -0.2) is 4.39 Å². The highest BCUT2D eigenvalue weighted by Gasteiger charge is 2.44. The van der Waals surface area contributed by atoms with Crippen molar-refractivity contribution < 1.29 is 13.9 Å². The lowest BCUT2D eigenvalue weighted by atomic mass is 9.70. The van der Waals surface area contributed by atoms with E-state index in [9.17, 15) is 9.50 Å². The Morgan fingerprint density at radius 1 is 1.38 bits per heavy atom. The fourth-order valence-corrected chi connectivity index (χ4v) is 2.54. The van der Waals surface area contributed by atoms with Crippen molar-refractivity contribution >= 4 is 11.0 Å². The number of hydrogen-bond donors (Lipinski definition) is 1. The molecule has 0 atom stereocenters. The molecule has 1 fully saturated rings. The van der Waals surface area contributed by atoms with Crippen molar-refractivity contribution in [1.29, 1.82) is 0 Å². The van der Waals surface area contributed by atoms with Crippen LogP contribution >= 0.6 is 0 Å². The van der Waals surface area contributed by atoms with E-state index in [2.05, 4.69) is 6.92 Å². The average molecular weight is 220 g/mol. The van der Waals surface area contributed by atoms with Gasteiger partial charge in [-0.05, 0) is 43.0 Å². The third-order valence-electron chi connectivity index (χ3n) is 3.31. The van der Waals surface area contributed by atoms with Crippen LogP contribution in [0.15, 0.2) is 28.7 Å². The molecule has 1 N–H and O–H groups in total. The first-order valence-corrected chi connectivity index (χ1v) is 5.49. The fourth-order valence-electron chi connectivity index (χ4n) is 2.54. The Kier molecular flexibility index (Phi) is 1.89. The molecule has 84 valence electrons. The van der Waals surface area contributed by atoms with Gasteiger partial charge < -0.3 is 9.52 Å². The molecule has 0 amide bonds. The van der Waals surface area contributed by atoms with Gasteiger partial charge in [-0.3, -0.25) is 0 Å². The fraction of sp³-hybridized carbons (Fsp3) is 0.385. The minimum Gasteiger partial charge on any atom is -0.458 e. The zero-order valence-electron chi connectivity index (χ0n) is 9.03. The molecule has 3 heteroatoms. The molecule has 1 heterocycles. The Morgan fingerprint density at radius 2 is 2.12 bits per heavy atom. The largest absolute Gasteiger partial charge is 0.458 e. The zero-order valence-corrected chi connectivity index (χ0v) is 9.03. The molecule has 2 aromatic rings. The van der Waals surface area contributed by atoms with Crippen molar-refractivity contribution in [2.75, 3.05) is 0 Å². The number of benzene rings is 1. The number of furan rings is 1. The van der Waals surface area contributed by atoms with Gasteiger partial charge in [0.1, 0.15) is 22.8 Å². The molecule has 1 aliphatic carbocycles. The van der Waals surface area contributed by atoms with E-state index in [1.54, 1.807) is 12.1 Å². The highest BCUT2D eigenvalue weighted by Crippen LogP contribution is 2.46. The molecule has 0 saturated heterocycles. The van der Waals surface area contributed by atoms with Gasteiger partial charge in [0.25, 0.3) is 0 Å². The van der Waals surface area contributed by atoms with Crippen molar-refractivity contribution in [3.8, 4) is 0 Å². The standard InChI is InChI=1S/C13H13FO2/c1-8-6-13(15,7-8)12-5-9-4-10(14)2-3-11(9)16-12/h2-5,8,15H,6-7H2,1H3. The third kappa shape index (κ3) is 1.35. The second-order valence-corrected chi connectivity index (χ2v) is 4.84. The van der Waals surface area contributed by atoms with Gasteiger partial charge in [0, 0.05) is 5.39 Å². The maximum Gasteiger partial charge on any atom is 0.136 e. The normalized spacial score (nSPS) is 29.3. The number of halogens is 1. The summed E-state index contributed by atoms with van der Waals surface area (Å²) in [5.74, 6) is 0.801. The molecule has 0 unspecified atom stereocenters. The van der Waals surface area contributed by atoms with E-state index in [4.69, 9.17) is 4.42 Å². The average Bonchev–Trinajstić information content (AvgIpc) is 2.58.